The summed E-state index contributed by atoms with van der Waals surface area (Å²) in [5, 5.41) is 3.46. The van der Waals surface area contributed by atoms with Gasteiger partial charge in [-0.2, -0.15) is 0 Å². The minimum Gasteiger partial charge on any atom is -0.356 e. The predicted molar refractivity (Wildman–Crippen MR) is 428 cm³/mol. The molecule has 0 saturated carbocycles. The minimum absolute atomic E-state index is 0.293. The highest BCUT2D eigenvalue weighted by atomic mass is 79.9. The van der Waals surface area contributed by atoms with Crippen molar-refractivity contribution >= 4 is 44.4 Å². The van der Waals surface area contributed by atoms with Crippen LogP contribution in [0.5, 0.6) is 0 Å². The Bertz CT molecular complexity index is 5200. The zero-order valence-electron chi connectivity index (χ0n) is 55.7. The summed E-state index contributed by atoms with van der Waals surface area (Å²) >= 11 is 3.69. The molecule has 101 heavy (non-hydrogen) atoms. The molecule has 0 unspecified atom stereocenters. The molecule has 18 rings (SSSR count). The Morgan fingerprint density at radius 3 is 0.782 bits per heavy atom. The van der Waals surface area contributed by atoms with Crippen molar-refractivity contribution < 1.29 is 0 Å². The van der Waals surface area contributed by atoms with Crippen molar-refractivity contribution in [2.75, 3.05) is 10.2 Å². The van der Waals surface area contributed by atoms with Gasteiger partial charge in [0, 0.05) is 32.9 Å². The zero-order valence-corrected chi connectivity index (χ0v) is 57.3. The summed E-state index contributed by atoms with van der Waals surface area (Å²) in [4.78, 5) is 2.39. The van der Waals surface area contributed by atoms with Crippen molar-refractivity contribution in [1.82, 2.24) is 0 Å². The Morgan fingerprint density at radius 1 is 0.198 bits per heavy atom. The van der Waals surface area contributed by atoms with Crippen LogP contribution in [0.15, 0.2) is 429 Å². The Balaban J connectivity index is 0.000000130. The molecule has 0 atom stereocenters. The third-order valence-electron chi connectivity index (χ3n) is 19.9. The third kappa shape index (κ3) is 12.4. The summed E-state index contributed by atoms with van der Waals surface area (Å²) in [5.74, 6) is 0. The molecule has 0 spiro atoms. The van der Waals surface area contributed by atoms with Gasteiger partial charge in [-0.05, 0) is 184 Å². The second kappa shape index (κ2) is 28.6. The van der Waals surface area contributed by atoms with Crippen molar-refractivity contribution in [1.29, 1.82) is 0 Å². The normalized spacial score (nSPS) is 12.4. The molecule has 0 aliphatic heterocycles. The first-order chi connectivity index (χ1) is 50.0. The van der Waals surface area contributed by atoms with Gasteiger partial charge in [-0.3, -0.25) is 0 Å². The lowest BCUT2D eigenvalue weighted by Gasteiger charge is -2.35. The number of halogens is 1. The van der Waals surface area contributed by atoms with E-state index in [1.165, 1.54) is 111 Å². The number of nitrogens with one attached hydrogen (secondary N) is 1. The molecule has 0 fully saturated rings. The molecule has 0 bridgehead atoms. The maximum Gasteiger partial charge on any atom is 0.0714 e. The molecule has 16 aromatic rings. The van der Waals surface area contributed by atoms with Gasteiger partial charge >= 0.3 is 0 Å². The average Bonchev–Trinajstić information content (AvgIpc) is 1.56. The van der Waals surface area contributed by atoms with Crippen LogP contribution in [-0.4, -0.2) is 0 Å². The van der Waals surface area contributed by atoms with E-state index in [1.54, 1.807) is 0 Å². The molecular weight excluding hydrogens is 1280 g/mol. The van der Waals surface area contributed by atoms with E-state index in [1.807, 2.05) is 12.1 Å². The van der Waals surface area contributed by atoms with Gasteiger partial charge in [-0.15, -0.1) is 0 Å². The molecule has 0 amide bonds. The van der Waals surface area contributed by atoms with Crippen LogP contribution in [-0.2, 0) is 10.8 Å². The molecule has 1 N–H and O–H groups in total. The average molecular weight is 1360 g/mol. The smallest absolute Gasteiger partial charge is 0.0714 e. The van der Waals surface area contributed by atoms with E-state index in [4.69, 9.17) is 0 Å². The summed E-state index contributed by atoms with van der Waals surface area (Å²) in [6.07, 6.45) is 0. The van der Waals surface area contributed by atoms with Crippen LogP contribution in [0, 0.1) is 0 Å². The van der Waals surface area contributed by atoms with Gasteiger partial charge in [0.15, 0.2) is 0 Å². The van der Waals surface area contributed by atoms with E-state index in [9.17, 15) is 0 Å². The van der Waals surface area contributed by atoms with Gasteiger partial charge in [-0.1, -0.05) is 368 Å². The van der Waals surface area contributed by atoms with Gasteiger partial charge < -0.3 is 10.2 Å². The minimum atomic E-state index is -0.468. The first kappa shape index (κ1) is 63.3. The van der Waals surface area contributed by atoms with Gasteiger partial charge in [0.05, 0.1) is 10.8 Å². The van der Waals surface area contributed by atoms with Crippen LogP contribution in [0.25, 0.3) is 66.8 Å². The van der Waals surface area contributed by atoms with Crippen molar-refractivity contribution in [3.63, 3.8) is 0 Å². The van der Waals surface area contributed by atoms with E-state index >= 15 is 0 Å². The molecule has 2 aliphatic rings. The number of fused-ring (bicyclic) bond motifs is 6. The highest BCUT2D eigenvalue weighted by molar-refractivity contribution is 9.10. The molecule has 16 aromatic carbocycles. The molecule has 0 aromatic heterocycles. The third-order valence-corrected chi connectivity index (χ3v) is 20.3. The first-order valence-electron chi connectivity index (χ1n) is 34.6. The van der Waals surface area contributed by atoms with Crippen LogP contribution in [0.1, 0.15) is 44.5 Å². The van der Waals surface area contributed by atoms with Crippen LogP contribution >= 0.6 is 15.9 Å². The fourth-order valence-electron chi connectivity index (χ4n) is 15.3. The largest absolute Gasteiger partial charge is 0.356 e. The van der Waals surface area contributed by atoms with Gasteiger partial charge in [-0.25, -0.2) is 0 Å². The van der Waals surface area contributed by atoms with Crippen molar-refractivity contribution in [2.45, 2.75) is 10.8 Å². The second-order valence-electron chi connectivity index (χ2n) is 25.6. The predicted octanol–water partition coefficient (Wildman–Crippen LogP) is 26.4. The number of hydrogen-bond acceptors (Lipinski definition) is 2. The molecule has 3 heteroatoms. The first-order valence-corrected chi connectivity index (χ1v) is 35.4. The SMILES string of the molecule is Brc1cccc(C2(c3ccccc3)c3ccccc3-c3ccccc32)c1.c1ccc(-c2ccc(N(c3ccc(-c4ccccc4)cc3)c3cccc(C4(c5ccccc5)c5ccccc5-c5ccccc54)c3)cc2)cc1.c1ccc(-c2ccc(Nc3ccc(-c4ccccc4)cc3)cc2)cc1. The second-order valence-corrected chi connectivity index (χ2v) is 26.6. The summed E-state index contributed by atoms with van der Waals surface area (Å²) in [7, 11) is 0. The van der Waals surface area contributed by atoms with Gasteiger partial charge in [0.2, 0.25) is 0 Å². The molecular formula is C98H71BrN2. The number of hydrogen-bond donors (Lipinski definition) is 1. The highest BCUT2D eigenvalue weighted by Crippen LogP contribution is 2.58. The van der Waals surface area contributed by atoms with Crippen LogP contribution in [0.3, 0.4) is 0 Å². The summed E-state index contributed by atoms with van der Waals surface area (Å²) < 4.78 is 1.10. The molecule has 0 saturated heterocycles. The molecule has 0 radical (unpaired) electrons. The van der Waals surface area contributed by atoms with E-state index in [0.29, 0.717) is 0 Å². The number of rotatable bonds is 13. The Kier molecular flexibility index (Phi) is 17.9. The van der Waals surface area contributed by atoms with Gasteiger partial charge in [0.1, 0.15) is 0 Å². The Labute approximate surface area is 601 Å². The van der Waals surface area contributed by atoms with Crippen LogP contribution < -0.4 is 10.2 Å². The lowest BCUT2D eigenvalue weighted by atomic mass is 9.67. The standard InChI is InChI=1S/C49H35N.C25H17Br.C24H19N/c1-4-15-36(16-5-1)38-27-31-42(32-28-38)50(43-33-29-39(30-34-43)37-17-6-2-7-18-37)44-22-14-21-41(35-44)49(40-19-8-3-9-20-40)47-25-12-10-23-45(47)46-24-11-13-26-48(46)49;26-20-12-8-11-19(17-20)25(18-9-2-1-3-10-18)23-15-6-4-13-21(23)22-14-5-7-16-24(22)25;1-3-7-19(8-4-1)21-11-15-23(16-12-21)25-24-17-13-22(14-18-24)20-9-5-2-6-10-20/h1-35H;1-17H;1-18,25H. The van der Waals surface area contributed by atoms with Crippen molar-refractivity contribution in [3.05, 3.63) is 474 Å². The van der Waals surface area contributed by atoms with E-state index in [0.717, 1.165) is 32.9 Å². The number of nitrogens with zero attached hydrogens (tertiary/aromatic N) is 1. The Morgan fingerprint density at radius 2 is 0.455 bits per heavy atom. The number of benzene rings is 16. The monoisotopic (exact) mass is 1350 g/mol. The summed E-state index contributed by atoms with van der Waals surface area (Å²) in [6.45, 7) is 0. The molecule has 2 aliphatic carbocycles. The van der Waals surface area contributed by atoms with Gasteiger partial charge in [0.25, 0.3) is 0 Å². The fraction of sp³-hybridized carbons (Fsp3) is 0.0204. The molecule has 0 heterocycles. The topological polar surface area (TPSA) is 15.3 Å². The van der Waals surface area contributed by atoms with Crippen LogP contribution in [0.2, 0.25) is 0 Å². The van der Waals surface area contributed by atoms with Crippen molar-refractivity contribution in [2.24, 2.45) is 0 Å². The molecule has 2 nitrogen and oxygen atoms in total. The summed E-state index contributed by atoms with van der Waals surface area (Å²) in [6, 6.07) is 152. The number of anilines is 5. The van der Waals surface area contributed by atoms with Crippen molar-refractivity contribution in [3.8, 4) is 66.8 Å². The van der Waals surface area contributed by atoms with E-state index in [-0.39, 0.29) is 5.41 Å². The highest BCUT2D eigenvalue weighted by Gasteiger charge is 2.47. The zero-order chi connectivity index (χ0) is 67.8. The molecule has 480 valence electrons. The summed E-state index contributed by atoms with van der Waals surface area (Å²) in [5.41, 5.74) is 30.2. The quantitative estimate of drug-likeness (QED) is 0.124. The maximum atomic E-state index is 3.69. The lowest BCUT2D eigenvalue weighted by molar-refractivity contribution is 0.768. The van der Waals surface area contributed by atoms with E-state index in [2.05, 4.69) is 439 Å². The van der Waals surface area contributed by atoms with E-state index < -0.39 is 5.41 Å². The lowest BCUT2D eigenvalue weighted by Crippen LogP contribution is -2.28. The Hall–Kier alpha value is -12.4. The van der Waals surface area contributed by atoms with Crippen LogP contribution in [0.4, 0.5) is 28.4 Å². The fourth-order valence-corrected chi connectivity index (χ4v) is 15.7. The maximum absolute atomic E-state index is 3.69.